The van der Waals surface area contributed by atoms with E-state index in [0.717, 1.165) is 32.7 Å². The molecule has 21 heteroatoms. The lowest BCUT2D eigenvalue weighted by molar-refractivity contribution is -0.130. The number of fused-ring (bicyclic) bond motifs is 8. The molecule has 3 heterocycles. The lowest BCUT2D eigenvalue weighted by Crippen LogP contribution is -2.40. The van der Waals surface area contributed by atoms with Crippen LogP contribution in [0.4, 0.5) is 22.7 Å². The van der Waals surface area contributed by atoms with E-state index in [9.17, 15) is 47.9 Å². The Balaban J connectivity index is 1.07. The van der Waals surface area contributed by atoms with Gasteiger partial charge in [-0.3, -0.25) is 47.9 Å². The van der Waals surface area contributed by atoms with Gasteiger partial charge in [-0.15, -0.1) is 23.2 Å². The summed E-state index contributed by atoms with van der Waals surface area (Å²) in [6.45, 7) is 8.88. The van der Waals surface area contributed by atoms with Crippen LogP contribution in [0.2, 0.25) is 0 Å². The number of nitrogens with two attached hydrogens (primary N) is 1. The molecule has 0 radical (unpaired) electrons. The van der Waals surface area contributed by atoms with Crippen molar-refractivity contribution in [3.05, 3.63) is 71.8 Å². The third kappa shape index (κ3) is 16.0. The highest BCUT2D eigenvalue weighted by molar-refractivity contribution is 6.20. The summed E-state index contributed by atoms with van der Waals surface area (Å²) < 4.78 is 11.2. The molecule has 4 aromatic carbocycles. The molecule has 6 amide bonds. The van der Waals surface area contributed by atoms with Gasteiger partial charge in [-0.2, -0.15) is 0 Å². The fourth-order valence-corrected chi connectivity index (χ4v) is 11.5. The molecule has 3 aliphatic heterocycles. The normalized spacial score (nSPS) is 25.8. The Morgan fingerprint density at radius 3 is 1.31 bits per heavy atom. The Morgan fingerprint density at radius 2 is 0.904 bits per heavy atom. The van der Waals surface area contributed by atoms with E-state index in [1.54, 1.807) is 56.6 Å². The number of anilines is 4. The molecule has 0 aromatic heterocycles. The number of ketones is 4. The van der Waals surface area contributed by atoms with Gasteiger partial charge in [-0.05, 0) is 67.1 Å². The summed E-state index contributed by atoms with van der Waals surface area (Å²) in [5.74, 6) is -5.83. The Bertz CT molecular complexity index is 2910. The van der Waals surface area contributed by atoms with E-state index in [1.165, 1.54) is 0 Å². The highest BCUT2D eigenvalue weighted by Crippen LogP contribution is 2.47. The van der Waals surface area contributed by atoms with Crippen LogP contribution in [0.1, 0.15) is 128 Å². The second-order valence-corrected chi connectivity index (χ2v) is 22.9. The molecule has 8 atom stereocenters. The standard InChI is InChI=1S/C62H77Cl2N7O12/c1-35-27-52(74)38(4)66-54(76)21-25-82-23-11-17-50(72)37(3)60(65)51(73)18-12-24-83-26-22-55(77)67-39(5)53(75)28-36(2)62(81)69-47-30-49-59(45-16-9-7-14-43(45)47)41(32-64)34-71(49)57(79)20-10-19-56(78)70-33-40(31-63)58-44-15-8-6-13-42(44)46(29-48(58)70)68-61(35)80/h6-9,13-16,29-30,35-41,60H,10-12,17-28,31-34,65H2,1-5H3,(H,66,76)(H,67,77)(H,68,80)(H,69,81)/t35?,36?,37?,38?,39?,40-,41-,60?/m1/s1. The summed E-state index contributed by atoms with van der Waals surface area (Å²) in [7, 11) is 0. The molecular formula is C62H77Cl2N7O12. The van der Waals surface area contributed by atoms with Gasteiger partial charge in [0.25, 0.3) is 0 Å². The number of hydrogen-bond donors (Lipinski definition) is 5. The number of ether oxygens (including phenoxy) is 2. The average Bonchev–Trinajstić information content (AvgIpc) is 4.14. The minimum atomic E-state index is -1.02. The fraction of sp³-hybridized carbons (Fsp3) is 0.516. The first-order chi connectivity index (χ1) is 39.7. The highest BCUT2D eigenvalue weighted by Gasteiger charge is 2.37. The predicted octanol–water partition coefficient (Wildman–Crippen LogP) is 7.77. The van der Waals surface area contributed by atoms with Gasteiger partial charge in [0.2, 0.25) is 35.4 Å². The van der Waals surface area contributed by atoms with E-state index in [2.05, 4.69) is 21.3 Å². The van der Waals surface area contributed by atoms with Crippen molar-refractivity contribution in [1.29, 1.82) is 0 Å². The van der Waals surface area contributed by atoms with Gasteiger partial charge >= 0.3 is 0 Å². The first-order valence-corrected chi connectivity index (χ1v) is 29.9. The molecule has 83 heavy (non-hydrogen) atoms. The number of nitrogens with zero attached hydrogens (tertiary/aromatic N) is 2. The van der Waals surface area contributed by atoms with E-state index >= 15 is 0 Å². The van der Waals surface area contributed by atoms with Gasteiger partial charge in [0.15, 0.2) is 11.6 Å². The zero-order valence-electron chi connectivity index (χ0n) is 48.0. The number of hydrogen-bond acceptors (Lipinski definition) is 13. The first-order valence-electron chi connectivity index (χ1n) is 28.8. The van der Waals surface area contributed by atoms with Crippen molar-refractivity contribution in [3.63, 3.8) is 0 Å². The monoisotopic (exact) mass is 1180 g/mol. The van der Waals surface area contributed by atoms with E-state index in [-0.39, 0.29) is 156 Å². The third-order valence-corrected chi connectivity index (χ3v) is 16.8. The van der Waals surface area contributed by atoms with Crippen molar-refractivity contribution >= 4 is 126 Å². The largest absolute Gasteiger partial charge is 0.381 e. The number of alkyl halides is 2. The van der Waals surface area contributed by atoms with Crippen molar-refractivity contribution in [2.75, 3.05) is 71.7 Å². The van der Waals surface area contributed by atoms with Crippen LogP contribution >= 0.6 is 23.2 Å². The molecule has 4 aromatic rings. The zero-order valence-corrected chi connectivity index (χ0v) is 49.5. The molecule has 0 fully saturated rings. The summed E-state index contributed by atoms with van der Waals surface area (Å²) in [6, 6.07) is 15.7. The summed E-state index contributed by atoms with van der Waals surface area (Å²) in [4.78, 5) is 138. The number of rotatable bonds is 2. The van der Waals surface area contributed by atoms with Gasteiger partial charge in [-0.25, -0.2) is 0 Å². The van der Waals surface area contributed by atoms with Gasteiger partial charge in [0.05, 0.1) is 42.7 Å². The quantitative estimate of drug-likeness (QED) is 0.120. The Morgan fingerprint density at radius 1 is 0.506 bits per heavy atom. The van der Waals surface area contributed by atoms with E-state index in [4.69, 9.17) is 38.4 Å². The van der Waals surface area contributed by atoms with Crippen molar-refractivity contribution in [1.82, 2.24) is 10.6 Å². The fourth-order valence-electron chi connectivity index (χ4n) is 11.0. The van der Waals surface area contributed by atoms with Gasteiger partial charge in [0.1, 0.15) is 11.6 Å². The number of amides is 6. The van der Waals surface area contributed by atoms with Crippen LogP contribution in [-0.2, 0) is 57.4 Å². The molecule has 446 valence electrons. The molecule has 3 aliphatic rings. The van der Waals surface area contributed by atoms with Crippen LogP contribution in [-0.4, -0.2) is 128 Å². The molecule has 0 aliphatic carbocycles. The summed E-state index contributed by atoms with van der Waals surface area (Å²) in [6.07, 6.45) is 0.609. The Labute approximate surface area is 494 Å². The van der Waals surface area contributed by atoms with Crippen molar-refractivity contribution in [2.24, 2.45) is 23.5 Å². The second-order valence-electron chi connectivity index (χ2n) is 22.2. The predicted molar refractivity (Wildman–Crippen MR) is 320 cm³/mol. The topological polar surface area (TPSA) is 270 Å². The number of benzene rings is 4. The van der Waals surface area contributed by atoms with Crippen molar-refractivity contribution in [2.45, 2.75) is 135 Å². The summed E-state index contributed by atoms with van der Waals surface area (Å²) in [5, 5.41) is 14.4. The van der Waals surface area contributed by atoms with Gasteiger partial charge < -0.3 is 46.3 Å². The summed E-state index contributed by atoms with van der Waals surface area (Å²) in [5.41, 5.74) is 9.92. The highest BCUT2D eigenvalue weighted by atomic mass is 35.5. The average molecular weight is 1180 g/mol. The number of carbonyl (C=O) groups is 10. The third-order valence-electron chi connectivity index (χ3n) is 16.0. The van der Waals surface area contributed by atoms with E-state index in [0.29, 0.717) is 35.6 Å². The summed E-state index contributed by atoms with van der Waals surface area (Å²) >= 11 is 13.2. The minimum Gasteiger partial charge on any atom is -0.381 e. The molecule has 7 rings (SSSR count). The maximum absolute atomic E-state index is 14.3. The van der Waals surface area contributed by atoms with Crippen LogP contribution < -0.4 is 36.8 Å². The van der Waals surface area contributed by atoms with Crippen LogP contribution in [0.15, 0.2) is 60.7 Å². The maximum atomic E-state index is 14.3. The van der Waals surface area contributed by atoms with Crippen LogP contribution in [0.25, 0.3) is 21.5 Å². The van der Waals surface area contributed by atoms with Gasteiger partial charge in [-0.1, -0.05) is 69.3 Å². The molecule has 0 spiro atoms. The van der Waals surface area contributed by atoms with Crippen molar-refractivity contribution in [3.8, 4) is 0 Å². The lowest BCUT2D eigenvalue weighted by atomic mass is 9.90. The molecular weight excluding hydrogens is 1110 g/mol. The van der Waals surface area contributed by atoms with Crippen molar-refractivity contribution < 1.29 is 57.4 Å². The Hall–Kier alpha value is -6.64. The number of Topliss-reactive ketones (excluding diaryl/α,β-unsaturated/α-hetero) is 4. The first kappa shape index (κ1) is 63.9. The second kappa shape index (κ2) is 29.7. The van der Waals surface area contributed by atoms with Crippen LogP contribution in [0.5, 0.6) is 0 Å². The SMILES string of the molecule is CC1CC(=O)C(C)NC(=O)CCOCCCC(=O)C(C)C(N)C(=O)CCCOCCC(=O)NC(C)C(=O)CC(C)C(=O)Nc2cc3c(c4ccccc24)[C@H](CCl)CN3C(=O)CCCC(=O)N2C[C@@H](CCl)c3c2cc(c2ccccc32)NC1=O. The van der Waals surface area contributed by atoms with Crippen LogP contribution in [0.3, 0.4) is 0 Å². The molecule has 4 bridgehead atoms. The molecule has 6 N–H and O–H groups in total. The minimum absolute atomic E-state index is 0.0167. The van der Waals surface area contributed by atoms with E-state index < -0.39 is 59.5 Å². The molecule has 19 nitrogen and oxygen atoms in total. The smallest absolute Gasteiger partial charge is 0.227 e. The number of carbonyl (C=O) groups excluding carboxylic acids is 10. The lowest BCUT2D eigenvalue weighted by Gasteiger charge is -2.22. The van der Waals surface area contributed by atoms with E-state index in [1.807, 2.05) is 48.5 Å². The zero-order chi connectivity index (χ0) is 60.1. The molecule has 0 saturated carbocycles. The maximum Gasteiger partial charge on any atom is 0.227 e. The van der Waals surface area contributed by atoms with Crippen LogP contribution in [0, 0.1) is 17.8 Å². The number of halogens is 2. The van der Waals surface area contributed by atoms with Gasteiger partial charge in [0, 0.05) is 141 Å². The number of nitrogens with one attached hydrogen (secondary N) is 4. The Kier molecular flexibility index (Phi) is 22.9. The molecule has 0 saturated heterocycles. The molecule has 6 unspecified atom stereocenters.